The Balaban J connectivity index is 0.000000133. The fourth-order valence-corrected chi connectivity index (χ4v) is 9.36. The second-order valence-corrected chi connectivity index (χ2v) is 18.5. The number of benzene rings is 8. The Hall–Kier alpha value is -6.96. The highest BCUT2D eigenvalue weighted by atomic mass is 16.3. The fourth-order valence-electron chi connectivity index (χ4n) is 9.36. The minimum absolute atomic E-state index is 0.0888. The summed E-state index contributed by atoms with van der Waals surface area (Å²) in [4.78, 5) is 0. The number of furan rings is 1. The van der Waals surface area contributed by atoms with Crippen molar-refractivity contribution in [2.75, 3.05) is 0 Å². The van der Waals surface area contributed by atoms with E-state index in [4.69, 9.17) is 4.42 Å². The molecule has 332 valence electrons. The van der Waals surface area contributed by atoms with E-state index in [1.807, 2.05) is 37.3 Å². The third-order valence-corrected chi connectivity index (χ3v) is 13.1. The molecule has 0 unspecified atom stereocenters. The van der Waals surface area contributed by atoms with Gasteiger partial charge in [-0.3, -0.25) is 0 Å². The number of hydrogen-bond donors (Lipinski definition) is 0. The molecule has 0 saturated carbocycles. The van der Waals surface area contributed by atoms with Gasteiger partial charge in [-0.1, -0.05) is 219 Å². The molecule has 0 N–H and O–H groups in total. The molecule has 0 saturated heterocycles. The Morgan fingerprint density at radius 3 is 1.80 bits per heavy atom. The molecule has 1 heterocycles. The van der Waals surface area contributed by atoms with E-state index in [-0.39, 0.29) is 5.41 Å². The zero-order valence-corrected chi connectivity index (χ0v) is 41.1. The van der Waals surface area contributed by atoms with Gasteiger partial charge in [-0.15, -0.1) is 0 Å². The van der Waals surface area contributed by atoms with Gasteiger partial charge in [-0.25, -0.2) is 0 Å². The monoisotopic (exact) mass is 863 g/mol. The Kier molecular flexibility index (Phi) is 14.6. The molecule has 0 fully saturated rings. The van der Waals surface area contributed by atoms with Gasteiger partial charge in [0.05, 0.1) is 0 Å². The maximum atomic E-state index is 5.69. The lowest BCUT2D eigenvalue weighted by Gasteiger charge is -2.22. The lowest BCUT2D eigenvalue weighted by atomic mass is 9.81. The van der Waals surface area contributed by atoms with Crippen molar-refractivity contribution in [3.8, 4) is 33.4 Å². The van der Waals surface area contributed by atoms with E-state index in [2.05, 4.69) is 215 Å². The van der Waals surface area contributed by atoms with Crippen molar-refractivity contribution in [1.82, 2.24) is 0 Å². The number of aryl methyl sites for hydroxylation is 9. The minimum atomic E-state index is 0.0888. The highest BCUT2D eigenvalue weighted by Gasteiger charge is 2.36. The highest BCUT2D eigenvalue weighted by Crippen LogP contribution is 2.52. The van der Waals surface area contributed by atoms with E-state index in [1.54, 1.807) is 6.08 Å². The Morgan fingerprint density at radius 1 is 0.500 bits per heavy atom. The number of rotatable bonds is 5. The Morgan fingerprint density at radius 2 is 1.11 bits per heavy atom. The quantitative estimate of drug-likeness (QED) is 0.157. The summed E-state index contributed by atoms with van der Waals surface area (Å²) in [7, 11) is 0. The Bertz CT molecular complexity index is 3170. The molecule has 1 aliphatic rings. The standard InChI is InChI=1S/C21H20.C17H20.C14H14O.C13H12/c1-13-9-10-17-18(11-13)21(3,4)19-12-14(2)15-7-5-6-8-16(15)20(17)19;1-5-15-9-7-13(3)11-17(15)16-10-12(2)6-8-14(16)4;1-4-5-8-12-11(3)15-13-9-6-7-10(2)14(12)13;1-11-7-9-13(10-8-11)12-5-3-2-4-6-12/h5-12H,1-4H3;6-11H,5H2,1-4H3;4-9H,1H2,2-3H3;2-10H,1H3/b;;8-5-;. The van der Waals surface area contributed by atoms with Gasteiger partial charge in [0.25, 0.3) is 0 Å². The summed E-state index contributed by atoms with van der Waals surface area (Å²) in [5.41, 5.74) is 24.1. The van der Waals surface area contributed by atoms with Crippen LogP contribution in [0.2, 0.25) is 0 Å². The first-order valence-corrected chi connectivity index (χ1v) is 23.4. The molecule has 66 heavy (non-hydrogen) atoms. The van der Waals surface area contributed by atoms with Crippen LogP contribution in [-0.4, -0.2) is 0 Å². The van der Waals surface area contributed by atoms with E-state index < -0.39 is 0 Å². The topological polar surface area (TPSA) is 13.1 Å². The van der Waals surface area contributed by atoms with Crippen LogP contribution < -0.4 is 0 Å². The van der Waals surface area contributed by atoms with Gasteiger partial charge in [0.15, 0.2) is 0 Å². The predicted octanol–water partition coefficient (Wildman–Crippen LogP) is 18.5. The van der Waals surface area contributed by atoms with Crippen molar-refractivity contribution >= 4 is 27.8 Å². The highest BCUT2D eigenvalue weighted by molar-refractivity contribution is 6.04. The summed E-state index contributed by atoms with van der Waals surface area (Å²) >= 11 is 0. The van der Waals surface area contributed by atoms with Crippen LogP contribution in [0.3, 0.4) is 0 Å². The van der Waals surface area contributed by atoms with Crippen molar-refractivity contribution in [2.45, 2.75) is 88.0 Å². The molecule has 8 aromatic carbocycles. The van der Waals surface area contributed by atoms with Crippen LogP contribution in [0.4, 0.5) is 0 Å². The summed E-state index contributed by atoms with van der Waals surface area (Å²) < 4.78 is 5.69. The van der Waals surface area contributed by atoms with Crippen molar-refractivity contribution in [1.29, 1.82) is 0 Å². The first-order chi connectivity index (χ1) is 31.7. The molecule has 0 atom stereocenters. The number of allylic oxidation sites excluding steroid dienone is 2. The second-order valence-electron chi connectivity index (χ2n) is 18.5. The molecule has 1 nitrogen and oxygen atoms in total. The van der Waals surface area contributed by atoms with Crippen molar-refractivity contribution in [3.63, 3.8) is 0 Å². The first kappa shape index (κ1) is 47.0. The van der Waals surface area contributed by atoms with E-state index in [9.17, 15) is 0 Å². The smallest absolute Gasteiger partial charge is 0.135 e. The van der Waals surface area contributed by atoms with Crippen molar-refractivity contribution in [3.05, 3.63) is 243 Å². The van der Waals surface area contributed by atoms with Crippen LogP contribution >= 0.6 is 0 Å². The molecule has 0 bridgehead atoms. The zero-order valence-electron chi connectivity index (χ0n) is 41.1. The molecule has 0 radical (unpaired) electrons. The van der Waals surface area contributed by atoms with E-state index in [1.165, 1.54) is 105 Å². The van der Waals surface area contributed by atoms with Gasteiger partial charge in [0, 0.05) is 16.4 Å². The SMILES string of the molecule is C=C/C=C\c1c(C)oc2cccc(C)c12.CCc1ccc(C)cc1-c1cc(C)ccc1C.Cc1ccc(-c2ccccc2)cc1.Cc1ccc2c(c1)C(C)(C)c1cc(C)c3ccccc3c1-2. The average molecular weight is 863 g/mol. The molecule has 9 aromatic rings. The van der Waals surface area contributed by atoms with Gasteiger partial charge in [0.2, 0.25) is 0 Å². The van der Waals surface area contributed by atoms with Crippen LogP contribution in [0.5, 0.6) is 0 Å². The molecule has 0 amide bonds. The number of fused-ring (bicyclic) bond motifs is 6. The summed E-state index contributed by atoms with van der Waals surface area (Å²) in [5.74, 6) is 0.956. The van der Waals surface area contributed by atoms with Crippen LogP contribution in [0, 0.1) is 55.4 Å². The van der Waals surface area contributed by atoms with Gasteiger partial charge in [-0.05, 0) is 145 Å². The maximum absolute atomic E-state index is 5.69. The van der Waals surface area contributed by atoms with Gasteiger partial charge in [0.1, 0.15) is 11.3 Å². The van der Waals surface area contributed by atoms with Gasteiger partial charge in [-0.2, -0.15) is 0 Å². The summed E-state index contributed by atoms with van der Waals surface area (Å²) in [6, 6.07) is 56.7. The number of hydrogen-bond acceptors (Lipinski definition) is 1. The third kappa shape index (κ3) is 10.1. The zero-order chi connectivity index (χ0) is 47.1. The normalized spacial score (nSPS) is 12.0. The molecular weight excluding hydrogens is 797 g/mol. The summed E-state index contributed by atoms with van der Waals surface area (Å²) in [6.07, 6.45) is 6.84. The molecular formula is C65H66O. The van der Waals surface area contributed by atoms with Crippen LogP contribution in [0.15, 0.2) is 181 Å². The van der Waals surface area contributed by atoms with E-state index in [0.717, 1.165) is 23.3 Å². The lowest BCUT2D eigenvalue weighted by Crippen LogP contribution is -2.15. The van der Waals surface area contributed by atoms with E-state index >= 15 is 0 Å². The fraction of sp³-hybridized carbons (Fsp3) is 0.200. The molecule has 1 heteroatoms. The largest absolute Gasteiger partial charge is 0.461 e. The molecule has 0 spiro atoms. The molecule has 1 aromatic heterocycles. The molecule has 0 aliphatic heterocycles. The van der Waals surface area contributed by atoms with Crippen molar-refractivity contribution < 1.29 is 4.42 Å². The van der Waals surface area contributed by atoms with Crippen molar-refractivity contribution in [2.24, 2.45) is 0 Å². The Labute approximate surface area is 395 Å². The maximum Gasteiger partial charge on any atom is 0.135 e. The van der Waals surface area contributed by atoms with E-state index in [0.29, 0.717) is 0 Å². The lowest BCUT2D eigenvalue weighted by molar-refractivity contribution is 0.577. The predicted molar refractivity (Wildman–Crippen MR) is 288 cm³/mol. The first-order valence-electron chi connectivity index (χ1n) is 23.4. The summed E-state index contributed by atoms with van der Waals surface area (Å²) in [5, 5.41) is 3.97. The van der Waals surface area contributed by atoms with Crippen LogP contribution in [0.1, 0.15) is 87.7 Å². The van der Waals surface area contributed by atoms with Gasteiger partial charge < -0.3 is 4.42 Å². The molecule has 10 rings (SSSR count). The van der Waals surface area contributed by atoms with Crippen LogP contribution in [-0.2, 0) is 11.8 Å². The van der Waals surface area contributed by atoms with Crippen LogP contribution in [0.25, 0.3) is 61.2 Å². The minimum Gasteiger partial charge on any atom is -0.461 e. The second kappa shape index (κ2) is 20.5. The third-order valence-electron chi connectivity index (χ3n) is 13.1. The summed E-state index contributed by atoms with van der Waals surface area (Å²) in [6.45, 7) is 27.7. The van der Waals surface area contributed by atoms with Gasteiger partial charge >= 0.3 is 0 Å². The molecule has 1 aliphatic carbocycles. The average Bonchev–Trinajstić information content (AvgIpc) is 3.76.